The summed E-state index contributed by atoms with van der Waals surface area (Å²) in [6, 6.07) is 1.75. The molecule has 72 valence electrons. The largest absolute Gasteiger partial charge is 0.296 e. The van der Waals surface area contributed by atoms with E-state index in [1.807, 2.05) is 13.1 Å². The van der Waals surface area contributed by atoms with Crippen LogP contribution in [0.3, 0.4) is 0 Å². The van der Waals surface area contributed by atoms with E-state index in [4.69, 9.17) is 11.6 Å². The maximum atomic E-state index is 5.85. The molecule has 0 unspecified atom stereocenters. The van der Waals surface area contributed by atoms with E-state index in [2.05, 4.69) is 15.1 Å². The maximum absolute atomic E-state index is 5.85. The number of rotatable bonds is 1. The van der Waals surface area contributed by atoms with Crippen molar-refractivity contribution in [3.05, 3.63) is 28.7 Å². The molecule has 0 fully saturated rings. The van der Waals surface area contributed by atoms with Gasteiger partial charge in [-0.15, -0.1) is 0 Å². The van der Waals surface area contributed by atoms with Crippen LogP contribution >= 0.6 is 11.6 Å². The molecule has 0 saturated heterocycles. The third kappa shape index (κ3) is 1.48. The highest BCUT2D eigenvalue weighted by Gasteiger charge is 2.05. The van der Waals surface area contributed by atoms with Crippen LogP contribution in [0.15, 0.2) is 17.3 Å². The van der Waals surface area contributed by atoms with E-state index in [1.54, 1.807) is 23.8 Å². The molecule has 2 aromatic rings. The lowest BCUT2D eigenvalue weighted by Gasteiger charge is -1.97. The van der Waals surface area contributed by atoms with Crippen LogP contribution in [0.5, 0.6) is 0 Å². The molecule has 0 aromatic carbocycles. The second-order valence-corrected chi connectivity index (χ2v) is 3.35. The van der Waals surface area contributed by atoms with E-state index in [9.17, 15) is 0 Å². The monoisotopic (exact) mass is 208 g/mol. The first kappa shape index (κ1) is 9.15. The van der Waals surface area contributed by atoms with Crippen molar-refractivity contribution in [2.24, 2.45) is 4.99 Å². The zero-order chi connectivity index (χ0) is 10.1. The Hall–Kier alpha value is -1.42. The van der Waals surface area contributed by atoms with Crippen LogP contribution in [0.1, 0.15) is 11.3 Å². The predicted octanol–water partition coefficient (Wildman–Crippen LogP) is 1.74. The second-order valence-electron chi connectivity index (χ2n) is 2.96. The zero-order valence-electron chi connectivity index (χ0n) is 7.90. The molecule has 14 heavy (non-hydrogen) atoms. The van der Waals surface area contributed by atoms with Crippen LogP contribution in [0, 0.1) is 6.92 Å². The first-order chi connectivity index (χ1) is 6.70. The highest BCUT2D eigenvalue weighted by atomic mass is 35.5. The van der Waals surface area contributed by atoms with Gasteiger partial charge in [0.05, 0.1) is 11.9 Å². The van der Waals surface area contributed by atoms with Crippen molar-refractivity contribution in [1.82, 2.24) is 14.6 Å². The molecule has 0 atom stereocenters. The summed E-state index contributed by atoms with van der Waals surface area (Å²) in [7, 11) is 1.71. The molecule has 2 aromatic heterocycles. The van der Waals surface area contributed by atoms with E-state index in [1.165, 1.54) is 0 Å². The fourth-order valence-electron chi connectivity index (χ4n) is 1.32. The maximum Gasteiger partial charge on any atom is 0.162 e. The van der Waals surface area contributed by atoms with Crippen molar-refractivity contribution in [3.8, 4) is 0 Å². The van der Waals surface area contributed by atoms with Crippen molar-refractivity contribution < 1.29 is 0 Å². The van der Waals surface area contributed by atoms with Crippen molar-refractivity contribution in [2.75, 3.05) is 7.05 Å². The summed E-state index contributed by atoms with van der Waals surface area (Å²) in [5.41, 5.74) is 2.56. The quantitative estimate of drug-likeness (QED) is 0.670. The Bertz CT molecular complexity index is 501. The number of nitrogens with zero attached hydrogens (tertiary/aromatic N) is 4. The van der Waals surface area contributed by atoms with Crippen molar-refractivity contribution in [3.63, 3.8) is 0 Å². The zero-order valence-corrected chi connectivity index (χ0v) is 8.65. The van der Waals surface area contributed by atoms with Gasteiger partial charge >= 0.3 is 0 Å². The summed E-state index contributed by atoms with van der Waals surface area (Å²) in [6.45, 7) is 1.91. The van der Waals surface area contributed by atoms with Gasteiger partial charge in [-0.3, -0.25) is 4.99 Å². The normalized spacial score (nSPS) is 11.6. The molecule has 0 amide bonds. The van der Waals surface area contributed by atoms with Crippen molar-refractivity contribution in [1.29, 1.82) is 0 Å². The molecular formula is C9H9ClN4. The van der Waals surface area contributed by atoms with Gasteiger partial charge in [-0.1, -0.05) is 11.6 Å². The fraction of sp³-hybridized carbons (Fsp3) is 0.222. The molecule has 0 bridgehead atoms. The van der Waals surface area contributed by atoms with Crippen molar-refractivity contribution >= 4 is 23.5 Å². The van der Waals surface area contributed by atoms with Crippen LogP contribution < -0.4 is 0 Å². The van der Waals surface area contributed by atoms with Gasteiger partial charge in [0.15, 0.2) is 10.8 Å². The molecule has 0 saturated carbocycles. The highest BCUT2D eigenvalue weighted by Crippen LogP contribution is 2.12. The van der Waals surface area contributed by atoms with Crippen LogP contribution in [0.2, 0.25) is 5.15 Å². The van der Waals surface area contributed by atoms with E-state index < -0.39 is 0 Å². The number of imidazole rings is 1. The molecule has 0 aliphatic rings. The van der Waals surface area contributed by atoms with E-state index in [0.717, 1.165) is 16.9 Å². The Morgan fingerprint density at radius 1 is 1.57 bits per heavy atom. The lowest BCUT2D eigenvalue weighted by atomic mass is 10.3. The molecule has 0 spiro atoms. The second kappa shape index (κ2) is 3.38. The third-order valence-corrected chi connectivity index (χ3v) is 2.00. The molecule has 0 N–H and O–H groups in total. The van der Waals surface area contributed by atoms with Gasteiger partial charge in [-0.25, -0.2) is 9.50 Å². The van der Waals surface area contributed by atoms with E-state index in [0.29, 0.717) is 5.15 Å². The minimum absolute atomic E-state index is 0.435. The fourth-order valence-corrected chi connectivity index (χ4v) is 1.52. The lowest BCUT2D eigenvalue weighted by molar-refractivity contribution is 0.933. The van der Waals surface area contributed by atoms with Crippen LogP contribution in [0.4, 0.5) is 0 Å². The van der Waals surface area contributed by atoms with E-state index in [-0.39, 0.29) is 0 Å². The molecule has 5 heteroatoms. The first-order valence-corrected chi connectivity index (χ1v) is 4.53. The summed E-state index contributed by atoms with van der Waals surface area (Å²) >= 11 is 5.85. The number of aromatic nitrogens is 3. The Morgan fingerprint density at radius 3 is 3.07 bits per heavy atom. The van der Waals surface area contributed by atoms with Gasteiger partial charge < -0.3 is 0 Å². The van der Waals surface area contributed by atoms with Crippen molar-refractivity contribution in [2.45, 2.75) is 6.92 Å². The smallest absolute Gasteiger partial charge is 0.162 e. The lowest BCUT2D eigenvalue weighted by Crippen LogP contribution is -1.95. The standard InChI is InChI=1S/C9H9ClN4/c1-6-5-14-9(12-6)7(4-11-2)3-8(10)13-14/h3-5H,1-2H3/b11-4+. The molecule has 0 aliphatic heterocycles. The average molecular weight is 209 g/mol. The first-order valence-electron chi connectivity index (χ1n) is 4.15. The number of hydrogen-bond donors (Lipinski definition) is 0. The number of aliphatic imine (C=N–C) groups is 1. The van der Waals surface area contributed by atoms with Gasteiger partial charge in [-0.05, 0) is 13.0 Å². The van der Waals surface area contributed by atoms with Crippen LogP contribution in [0.25, 0.3) is 5.65 Å². The molecule has 0 aliphatic carbocycles. The van der Waals surface area contributed by atoms with Gasteiger partial charge in [0, 0.05) is 18.8 Å². The molecule has 4 nitrogen and oxygen atoms in total. The highest BCUT2D eigenvalue weighted by molar-refractivity contribution is 6.29. The van der Waals surface area contributed by atoms with Gasteiger partial charge in [0.25, 0.3) is 0 Å². The molecule has 2 rings (SSSR count). The Labute approximate surface area is 86.3 Å². The number of fused-ring (bicyclic) bond motifs is 1. The van der Waals surface area contributed by atoms with Gasteiger partial charge in [-0.2, -0.15) is 5.10 Å². The minimum Gasteiger partial charge on any atom is -0.296 e. The minimum atomic E-state index is 0.435. The molecule has 2 heterocycles. The number of hydrogen-bond acceptors (Lipinski definition) is 3. The Balaban J connectivity index is 2.78. The summed E-state index contributed by atoms with van der Waals surface area (Å²) < 4.78 is 1.66. The van der Waals surface area contributed by atoms with Crippen LogP contribution in [-0.4, -0.2) is 27.9 Å². The Morgan fingerprint density at radius 2 is 2.36 bits per heavy atom. The predicted molar refractivity (Wildman–Crippen MR) is 56.3 cm³/mol. The summed E-state index contributed by atoms with van der Waals surface area (Å²) in [4.78, 5) is 8.27. The van der Waals surface area contributed by atoms with Gasteiger partial charge in [0.1, 0.15) is 0 Å². The summed E-state index contributed by atoms with van der Waals surface area (Å²) in [6.07, 6.45) is 3.55. The molecule has 0 radical (unpaired) electrons. The SMILES string of the molecule is C/N=C/c1cc(Cl)nn2cc(C)nc12. The Kier molecular flexibility index (Phi) is 2.21. The summed E-state index contributed by atoms with van der Waals surface area (Å²) in [5.74, 6) is 0. The topological polar surface area (TPSA) is 42.5 Å². The molecular weight excluding hydrogens is 200 g/mol. The average Bonchev–Trinajstić information content (AvgIpc) is 2.45. The van der Waals surface area contributed by atoms with E-state index >= 15 is 0 Å². The summed E-state index contributed by atoms with van der Waals surface area (Å²) in [5, 5.41) is 4.53. The third-order valence-electron chi connectivity index (χ3n) is 1.81. The van der Waals surface area contributed by atoms with Gasteiger partial charge in [0.2, 0.25) is 0 Å². The number of aryl methyl sites for hydroxylation is 1. The van der Waals surface area contributed by atoms with Crippen LogP contribution in [-0.2, 0) is 0 Å². The number of halogens is 1.